The molecule has 30 heavy (non-hydrogen) atoms. The van der Waals surface area contributed by atoms with Crippen molar-refractivity contribution in [2.24, 2.45) is 0 Å². The Balaban J connectivity index is 2.51. The average molecular weight is 445 g/mol. The summed E-state index contributed by atoms with van der Waals surface area (Å²) in [5.41, 5.74) is -1.47. The standard InChI is InChI=1S/C19H16ClF3N2O5/c20-7-6-13-8-14(24-17(10-18(26)27)19(21,22)23)16(9-15(13)25(28)29)30-11-12-4-2-1-3-5-12/h1-5,8-10,24H,6-7,11H2,(H,26,27). The topological polar surface area (TPSA) is 102 Å². The third-order valence-corrected chi connectivity index (χ3v) is 4.01. The van der Waals surface area contributed by atoms with Crippen LogP contribution < -0.4 is 10.1 Å². The number of allylic oxidation sites excluding steroid dienone is 1. The van der Waals surface area contributed by atoms with Crippen molar-refractivity contribution in [2.45, 2.75) is 19.2 Å². The number of nitrogens with one attached hydrogen (secondary N) is 1. The molecule has 160 valence electrons. The van der Waals surface area contributed by atoms with Crippen LogP contribution in [-0.4, -0.2) is 28.1 Å². The molecule has 0 amide bonds. The minimum atomic E-state index is -5.01. The van der Waals surface area contributed by atoms with Crippen LogP contribution in [0.4, 0.5) is 24.5 Å². The molecule has 0 fully saturated rings. The lowest BCUT2D eigenvalue weighted by Gasteiger charge is -2.18. The Hall–Kier alpha value is -3.27. The first-order valence-corrected chi connectivity index (χ1v) is 8.98. The third kappa shape index (κ3) is 6.38. The van der Waals surface area contributed by atoms with Gasteiger partial charge in [-0.05, 0) is 18.1 Å². The van der Waals surface area contributed by atoms with Gasteiger partial charge < -0.3 is 15.2 Å². The predicted molar refractivity (Wildman–Crippen MR) is 104 cm³/mol. The molecule has 0 spiro atoms. The molecule has 0 aliphatic carbocycles. The number of aryl methyl sites for hydroxylation is 1. The Morgan fingerprint density at radius 3 is 2.47 bits per heavy atom. The highest BCUT2D eigenvalue weighted by molar-refractivity contribution is 6.18. The zero-order valence-electron chi connectivity index (χ0n) is 15.3. The van der Waals surface area contributed by atoms with Crippen molar-refractivity contribution in [1.82, 2.24) is 0 Å². The van der Waals surface area contributed by atoms with Crippen LogP contribution in [0, 0.1) is 10.1 Å². The van der Waals surface area contributed by atoms with Crippen LogP contribution in [0.25, 0.3) is 0 Å². The van der Waals surface area contributed by atoms with E-state index in [1.165, 1.54) is 0 Å². The minimum Gasteiger partial charge on any atom is -0.486 e. The van der Waals surface area contributed by atoms with E-state index >= 15 is 0 Å². The van der Waals surface area contributed by atoms with Crippen LogP contribution in [0.2, 0.25) is 0 Å². The van der Waals surface area contributed by atoms with Crippen molar-refractivity contribution in [1.29, 1.82) is 0 Å². The van der Waals surface area contributed by atoms with Gasteiger partial charge >= 0.3 is 12.1 Å². The number of rotatable bonds is 9. The van der Waals surface area contributed by atoms with Gasteiger partial charge in [-0.25, -0.2) is 4.79 Å². The lowest BCUT2D eigenvalue weighted by molar-refractivity contribution is -0.385. The van der Waals surface area contributed by atoms with Gasteiger partial charge in [0.05, 0.1) is 22.8 Å². The number of hydrogen-bond acceptors (Lipinski definition) is 5. The van der Waals surface area contributed by atoms with Crippen LogP contribution >= 0.6 is 11.6 Å². The monoisotopic (exact) mass is 444 g/mol. The predicted octanol–water partition coefficient (Wildman–Crippen LogP) is 4.90. The molecule has 2 N–H and O–H groups in total. The van der Waals surface area contributed by atoms with Gasteiger partial charge in [0.1, 0.15) is 18.1 Å². The van der Waals surface area contributed by atoms with E-state index in [0.717, 1.165) is 12.1 Å². The second kappa shape index (κ2) is 9.97. The number of carbonyl (C=O) groups is 1. The molecule has 0 unspecified atom stereocenters. The number of carboxylic acids is 1. The molecule has 0 aliphatic rings. The van der Waals surface area contributed by atoms with Crippen molar-refractivity contribution < 1.29 is 32.7 Å². The van der Waals surface area contributed by atoms with Crippen LogP contribution in [0.5, 0.6) is 5.75 Å². The molecule has 0 heterocycles. The number of halogens is 4. The van der Waals surface area contributed by atoms with Crippen molar-refractivity contribution in [3.05, 3.63) is 75.5 Å². The molecule has 2 aromatic rings. The molecule has 0 saturated heterocycles. The fraction of sp³-hybridized carbons (Fsp3) is 0.211. The molecule has 0 saturated carbocycles. The number of alkyl halides is 4. The van der Waals surface area contributed by atoms with Gasteiger partial charge in [0.25, 0.3) is 5.69 Å². The number of nitrogens with zero attached hydrogens (tertiary/aromatic N) is 1. The van der Waals surface area contributed by atoms with Gasteiger partial charge in [-0.15, -0.1) is 11.6 Å². The molecule has 7 nitrogen and oxygen atoms in total. The lowest BCUT2D eigenvalue weighted by Crippen LogP contribution is -2.21. The Bertz CT molecular complexity index is 949. The number of aliphatic carboxylic acids is 1. The Morgan fingerprint density at radius 2 is 1.93 bits per heavy atom. The zero-order valence-corrected chi connectivity index (χ0v) is 16.0. The highest BCUT2D eigenvalue weighted by Gasteiger charge is 2.35. The van der Waals surface area contributed by atoms with E-state index in [0.29, 0.717) is 5.56 Å². The van der Waals surface area contributed by atoms with E-state index in [2.05, 4.69) is 0 Å². The molecule has 2 rings (SSSR count). The molecular weight excluding hydrogens is 429 g/mol. The van der Waals surface area contributed by atoms with Gasteiger partial charge in [0.15, 0.2) is 0 Å². The number of nitro groups is 1. The van der Waals surface area contributed by atoms with Crippen LogP contribution in [0.1, 0.15) is 11.1 Å². The van der Waals surface area contributed by atoms with Gasteiger partial charge in [0, 0.05) is 11.4 Å². The van der Waals surface area contributed by atoms with Crippen molar-refractivity contribution in [2.75, 3.05) is 11.2 Å². The highest BCUT2D eigenvalue weighted by atomic mass is 35.5. The van der Waals surface area contributed by atoms with Crippen molar-refractivity contribution in [3.8, 4) is 5.75 Å². The van der Waals surface area contributed by atoms with Crippen molar-refractivity contribution in [3.63, 3.8) is 0 Å². The number of anilines is 1. The fourth-order valence-electron chi connectivity index (χ4n) is 2.50. The number of ether oxygens (including phenoxy) is 1. The molecule has 0 bridgehead atoms. The maximum Gasteiger partial charge on any atom is 0.431 e. The van der Waals surface area contributed by atoms with Crippen LogP contribution in [-0.2, 0) is 17.8 Å². The first-order valence-electron chi connectivity index (χ1n) is 8.44. The van der Waals surface area contributed by atoms with Gasteiger partial charge in [-0.1, -0.05) is 30.3 Å². The summed E-state index contributed by atoms with van der Waals surface area (Å²) in [4.78, 5) is 21.5. The quantitative estimate of drug-likeness (QED) is 0.247. The van der Waals surface area contributed by atoms with E-state index in [1.54, 1.807) is 30.3 Å². The molecule has 2 aromatic carbocycles. The maximum atomic E-state index is 13.2. The number of benzene rings is 2. The first kappa shape index (κ1) is 23.0. The van der Waals surface area contributed by atoms with Gasteiger partial charge in [-0.2, -0.15) is 13.2 Å². The number of nitro benzene ring substituents is 1. The highest BCUT2D eigenvalue weighted by Crippen LogP contribution is 2.37. The Kier molecular flexibility index (Phi) is 7.65. The van der Waals surface area contributed by atoms with E-state index in [-0.39, 0.29) is 47.7 Å². The minimum absolute atomic E-state index is 0.00943. The van der Waals surface area contributed by atoms with Crippen molar-refractivity contribution >= 4 is 28.9 Å². The zero-order chi connectivity index (χ0) is 22.3. The molecular formula is C19H16ClF3N2O5. The summed E-state index contributed by atoms with van der Waals surface area (Å²) in [6.45, 7) is -0.0779. The third-order valence-electron chi connectivity index (χ3n) is 3.82. The molecule has 0 radical (unpaired) electrons. The summed E-state index contributed by atoms with van der Waals surface area (Å²) in [5.74, 6) is -2.07. The Morgan fingerprint density at radius 1 is 1.27 bits per heavy atom. The molecule has 0 atom stereocenters. The lowest BCUT2D eigenvalue weighted by atomic mass is 10.1. The fourth-order valence-corrected chi connectivity index (χ4v) is 2.70. The summed E-state index contributed by atoms with van der Waals surface area (Å²) in [5, 5.41) is 22.1. The van der Waals surface area contributed by atoms with E-state index < -0.39 is 22.8 Å². The molecule has 11 heteroatoms. The summed E-state index contributed by atoms with van der Waals surface area (Å²) >= 11 is 5.65. The second-order valence-electron chi connectivity index (χ2n) is 5.97. The van der Waals surface area contributed by atoms with Crippen LogP contribution in [0.15, 0.2) is 54.2 Å². The van der Waals surface area contributed by atoms with E-state index in [4.69, 9.17) is 21.4 Å². The van der Waals surface area contributed by atoms with E-state index in [1.807, 2.05) is 5.32 Å². The normalized spacial score (nSPS) is 11.8. The summed E-state index contributed by atoms with van der Waals surface area (Å²) < 4.78 is 45.2. The van der Waals surface area contributed by atoms with Crippen LogP contribution in [0.3, 0.4) is 0 Å². The summed E-state index contributed by atoms with van der Waals surface area (Å²) in [7, 11) is 0. The Labute approximate surface area is 173 Å². The van der Waals surface area contributed by atoms with Gasteiger partial charge in [-0.3, -0.25) is 10.1 Å². The summed E-state index contributed by atoms with van der Waals surface area (Å²) in [6, 6.07) is 10.7. The maximum absolute atomic E-state index is 13.2. The smallest absolute Gasteiger partial charge is 0.431 e. The molecule has 0 aromatic heterocycles. The average Bonchev–Trinajstić information content (AvgIpc) is 2.66. The largest absolute Gasteiger partial charge is 0.486 e. The SMILES string of the molecule is O=C(O)C=C(Nc1cc(CCCl)c([N+](=O)[O-])cc1OCc1ccccc1)C(F)(F)F. The number of carboxylic acid groups (broad SMARTS) is 1. The molecule has 0 aliphatic heterocycles. The summed E-state index contributed by atoms with van der Waals surface area (Å²) in [6.07, 6.45) is -5.04. The van der Waals surface area contributed by atoms with Gasteiger partial charge in [0.2, 0.25) is 0 Å². The second-order valence-corrected chi connectivity index (χ2v) is 6.34. The number of hydrogen-bond donors (Lipinski definition) is 2. The first-order chi connectivity index (χ1) is 14.1. The van der Waals surface area contributed by atoms with E-state index in [9.17, 15) is 28.1 Å².